The summed E-state index contributed by atoms with van der Waals surface area (Å²) in [6.45, 7) is 3.20. The summed E-state index contributed by atoms with van der Waals surface area (Å²) < 4.78 is 5.00. The summed E-state index contributed by atoms with van der Waals surface area (Å²) in [4.78, 5) is 11.4. The van der Waals surface area contributed by atoms with E-state index in [4.69, 9.17) is 4.74 Å². The average molecular weight is 234 g/mol. The number of amides is 1. The Kier molecular flexibility index (Phi) is 3.85. The molecule has 2 N–H and O–H groups in total. The van der Waals surface area contributed by atoms with Gasteiger partial charge in [0.1, 0.15) is 0 Å². The Bertz CT molecular complexity index is 393. The molecule has 0 saturated heterocycles. The van der Waals surface area contributed by atoms with Gasteiger partial charge in [0.25, 0.3) is 0 Å². The highest BCUT2D eigenvalue weighted by Gasteiger charge is 2.19. The maximum atomic E-state index is 11.4. The van der Waals surface area contributed by atoms with Crippen molar-refractivity contribution in [1.82, 2.24) is 5.32 Å². The lowest BCUT2D eigenvalue weighted by Gasteiger charge is -2.26. The number of carbonyl (C=O) groups is 1. The molecule has 4 heteroatoms. The van der Waals surface area contributed by atoms with Gasteiger partial charge in [-0.3, -0.25) is 0 Å². The van der Waals surface area contributed by atoms with Crippen molar-refractivity contribution < 1.29 is 9.53 Å². The smallest absolute Gasteiger partial charge is 0.407 e. The summed E-state index contributed by atoms with van der Waals surface area (Å²) in [5.41, 5.74) is 2.40. The molecular formula is C13H18N2O2. The number of rotatable bonds is 3. The predicted molar refractivity (Wildman–Crippen MR) is 67.2 cm³/mol. The van der Waals surface area contributed by atoms with Gasteiger partial charge < -0.3 is 15.4 Å². The van der Waals surface area contributed by atoms with Crippen LogP contribution in [0.25, 0.3) is 0 Å². The van der Waals surface area contributed by atoms with Crippen LogP contribution < -0.4 is 10.6 Å². The summed E-state index contributed by atoms with van der Waals surface area (Å²) in [5.74, 6) is 0. The molecule has 1 aliphatic heterocycles. The van der Waals surface area contributed by atoms with E-state index in [1.807, 2.05) is 19.1 Å². The van der Waals surface area contributed by atoms with Crippen molar-refractivity contribution in [2.45, 2.75) is 25.8 Å². The Morgan fingerprint density at radius 1 is 1.53 bits per heavy atom. The molecule has 1 heterocycles. The minimum absolute atomic E-state index is 0.106. The van der Waals surface area contributed by atoms with E-state index in [0.717, 1.165) is 25.1 Å². The highest BCUT2D eigenvalue weighted by Crippen LogP contribution is 2.20. The lowest BCUT2D eigenvalue weighted by Crippen LogP contribution is -2.43. The molecule has 0 saturated carbocycles. The van der Waals surface area contributed by atoms with Crippen LogP contribution >= 0.6 is 0 Å². The quantitative estimate of drug-likeness (QED) is 0.842. The topological polar surface area (TPSA) is 50.4 Å². The van der Waals surface area contributed by atoms with E-state index in [2.05, 4.69) is 22.8 Å². The Balaban J connectivity index is 1.88. The summed E-state index contributed by atoms with van der Waals surface area (Å²) in [7, 11) is 0. The van der Waals surface area contributed by atoms with E-state index in [-0.39, 0.29) is 12.1 Å². The third-order valence-corrected chi connectivity index (χ3v) is 2.78. The Morgan fingerprint density at radius 2 is 2.35 bits per heavy atom. The molecule has 2 rings (SSSR count). The van der Waals surface area contributed by atoms with Crippen LogP contribution in [0.3, 0.4) is 0 Å². The van der Waals surface area contributed by atoms with Crippen LogP contribution in [0.4, 0.5) is 10.5 Å². The molecule has 1 atom stereocenters. The molecule has 1 aliphatic rings. The van der Waals surface area contributed by atoms with E-state index in [9.17, 15) is 4.79 Å². The lowest BCUT2D eigenvalue weighted by molar-refractivity contribution is 0.142. The molecule has 0 aromatic heterocycles. The molecule has 1 aromatic rings. The van der Waals surface area contributed by atoms with E-state index in [1.165, 1.54) is 5.56 Å². The minimum atomic E-state index is -0.321. The fourth-order valence-corrected chi connectivity index (χ4v) is 1.95. The maximum absolute atomic E-state index is 11.4. The van der Waals surface area contributed by atoms with Crippen molar-refractivity contribution in [3.8, 4) is 0 Å². The normalized spacial score (nSPS) is 17.8. The van der Waals surface area contributed by atoms with Gasteiger partial charge in [0.2, 0.25) is 0 Å². The fraction of sp³-hybridized carbons (Fsp3) is 0.462. The second-order valence-corrected chi connectivity index (χ2v) is 4.22. The summed E-state index contributed by atoms with van der Waals surface area (Å²) in [6, 6.07) is 8.26. The van der Waals surface area contributed by atoms with Gasteiger partial charge >= 0.3 is 6.09 Å². The molecule has 1 unspecified atom stereocenters. The van der Waals surface area contributed by atoms with Gasteiger partial charge in [-0.2, -0.15) is 0 Å². The van der Waals surface area contributed by atoms with E-state index < -0.39 is 0 Å². The number of alkyl carbamates (subject to hydrolysis) is 1. The van der Waals surface area contributed by atoms with Crippen LogP contribution in [0.5, 0.6) is 0 Å². The number of para-hydroxylation sites is 1. The number of hydrogen-bond donors (Lipinski definition) is 2. The number of carbonyl (C=O) groups excluding carboxylic acids is 1. The number of hydrogen-bond acceptors (Lipinski definition) is 3. The standard InChI is InChI=1S/C13H18N2O2/c1-2-7-17-13(16)15-11-8-10-5-3-4-6-12(10)14-9-11/h3-6,11,14H,2,7-9H2,1H3,(H,15,16). The first-order valence-corrected chi connectivity index (χ1v) is 6.04. The molecule has 0 aliphatic carbocycles. The number of ether oxygens (including phenoxy) is 1. The lowest BCUT2D eigenvalue weighted by atomic mass is 10.00. The van der Waals surface area contributed by atoms with Crippen LogP contribution in [0, 0.1) is 0 Å². The van der Waals surface area contributed by atoms with Gasteiger partial charge in [-0.1, -0.05) is 25.1 Å². The van der Waals surface area contributed by atoms with Crippen LogP contribution in [0.1, 0.15) is 18.9 Å². The highest BCUT2D eigenvalue weighted by atomic mass is 16.5. The summed E-state index contributed by atoms with van der Waals surface area (Å²) >= 11 is 0. The second kappa shape index (κ2) is 5.57. The molecule has 1 amide bonds. The van der Waals surface area contributed by atoms with Crippen LogP contribution in [-0.2, 0) is 11.2 Å². The van der Waals surface area contributed by atoms with Crippen molar-refractivity contribution in [3.05, 3.63) is 29.8 Å². The van der Waals surface area contributed by atoms with Gasteiger partial charge in [-0.05, 0) is 24.5 Å². The van der Waals surface area contributed by atoms with Crippen LogP contribution in [0.15, 0.2) is 24.3 Å². The zero-order valence-corrected chi connectivity index (χ0v) is 10.0. The molecule has 92 valence electrons. The van der Waals surface area contributed by atoms with E-state index in [1.54, 1.807) is 0 Å². The first-order valence-electron chi connectivity index (χ1n) is 6.04. The Hall–Kier alpha value is -1.71. The number of benzene rings is 1. The van der Waals surface area contributed by atoms with Crippen molar-refractivity contribution >= 4 is 11.8 Å². The third kappa shape index (κ3) is 3.12. The molecular weight excluding hydrogens is 216 g/mol. The largest absolute Gasteiger partial charge is 0.450 e. The van der Waals surface area contributed by atoms with Gasteiger partial charge in [-0.15, -0.1) is 0 Å². The van der Waals surface area contributed by atoms with Gasteiger partial charge in [0, 0.05) is 12.2 Å². The Labute approximate surface area is 101 Å². The molecule has 0 bridgehead atoms. The maximum Gasteiger partial charge on any atom is 0.407 e. The monoisotopic (exact) mass is 234 g/mol. The molecule has 0 radical (unpaired) electrons. The average Bonchev–Trinajstić information content (AvgIpc) is 2.36. The van der Waals surface area contributed by atoms with Crippen LogP contribution in [-0.4, -0.2) is 25.3 Å². The molecule has 4 nitrogen and oxygen atoms in total. The summed E-state index contributed by atoms with van der Waals surface area (Å²) in [6.07, 6.45) is 1.38. The first kappa shape index (κ1) is 11.8. The first-order chi connectivity index (χ1) is 8.29. The van der Waals surface area contributed by atoms with Gasteiger partial charge in [-0.25, -0.2) is 4.79 Å². The van der Waals surface area contributed by atoms with Crippen molar-refractivity contribution in [2.75, 3.05) is 18.5 Å². The zero-order valence-electron chi connectivity index (χ0n) is 10.0. The van der Waals surface area contributed by atoms with Crippen molar-refractivity contribution in [3.63, 3.8) is 0 Å². The van der Waals surface area contributed by atoms with Crippen molar-refractivity contribution in [2.24, 2.45) is 0 Å². The van der Waals surface area contributed by atoms with E-state index in [0.29, 0.717) is 6.61 Å². The fourth-order valence-electron chi connectivity index (χ4n) is 1.95. The number of anilines is 1. The number of nitrogens with one attached hydrogen (secondary N) is 2. The van der Waals surface area contributed by atoms with Crippen LogP contribution in [0.2, 0.25) is 0 Å². The van der Waals surface area contributed by atoms with Crippen molar-refractivity contribution in [1.29, 1.82) is 0 Å². The SMILES string of the molecule is CCCOC(=O)NC1CNc2ccccc2C1. The van der Waals surface area contributed by atoms with Gasteiger partial charge in [0.05, 0.1) is 12.6 Å². The Morgan fingerprint density at radius 3 is 3.18 bits per heavy atom. The molecule has 1 aromatic carbocycles. The minimum Gasteiger partial charge on any atom is -0.450 e. The van der Waals surface area contributed by atoms with Gasteiger partial charge in [0.15, 0.2) is 0 Å². The number of fused-ring (bicyclic) bond motifs is 1. The zero-order chi connectivity index (χ0) is 12.1. The third-order valence-electron chi connectivity index (χ3n) is 2.78. The highest BCUT2D eigenvalue weighted by molar-refractivity contribution is 5.68. The second-order valence-electron chi connectivity index (χ2n) is 4.22. The molecule has 0 spiro atoms. The molecule has 17 heavy (non-hydrogen) atoms. The predicted octanol–water partition coefficient (Wildman–Crippen LogP) is 2.16. The van der Waals surface area contributed by atoms with E-state index >= 15 is 0 Å². The summed E-state index contributed by atoms with van der Waals surface area (Å²) in [5, 5.41) is 6.17. The molecule has 0 fully saturated rings.